The minimum absolute atomic E-state index is 0.233. The zero-order valence-corrected chi connectivity index (χ0v) is 41.5. The largest absolute Gasteiger partial charge is 0.496 e. The van der Waals surface area contributed by atoms with Crippen LogP contribution < -0.4 is 14.1 Å². The lowest BCUT2D eigenvalue weighted by Gasteiger charge is -2.30. The van der Waals surface area contributed by atoms with E-state index in [1.165, 1.54) is 7.11 Å². The number of carbonyl (C=O) groups is 1. The van der Waals surface area contributed by atoms with Crippen LogP contribution >= 0.6 is 8.16 Å². The Labute approximate surface area is 380 Å². The number of hydrogen-bond acceptors (Lipinski definition) is 7. The molecule has 0 radical (unpaired) electrons. The van der Waals surface area contributed by atoms with E-state index in [2.05, 4.69) is 173 Å². The first-order valence-corrected chi connectivity index (χ1v) is 23.8. The van der Waals surface area contributed by atoms with Crippen LogP contribution in [0.1, 0.15) is 118 Å². The third-order valence-electron chi connectivity index (χ3n) is 12.9. The number of methoxy groups -OCH3 is 3. The minimum Gasteiger partial charge on any atom is -0.496 e. The molecule has 0 N–H and O–H groups in total. The van der Waals surface area contributed by atoms with Gasteiger partial charge in [0.2, 0.25) is 0 Å². The second-order valence-corrected chi connectivity index (χ2v) is 23.0. The summed E-state index contributed by atoms with van der Waals surface area (Å²) in [6, 6.07) is 30.4. The summed E-state index contributed by atoms with van der Waals surface area (Å²) in [6.07, 6.45) is 1.46. The normalized spacial score (nSPS) is 15.4. The summed E-state index contributed by atoms with van der Waals surface area (Å²) in [5, 5.41) is 6.20. The number of hydrogen-bond donors (Lipinski definition) is 0. The Balaban J connectivity index is 1.67. The molecule has 6 aromatic carbocycles. The van der Waals surface area contributed by atoms with Gasteiger partial charge in [-0.25, -0.2) is 0 Å². The van der Waals surface area contributed by atoms with E-state index in [0.29, 0.717) is 13.0 Å². The summed E-state index contributed by atoms with van der Waals surface area (Å²) in [6.45, 7) is 27.5. The Morgan fingerprint density at radius 2 is 0.953 bits per heavy atom. The maximum absolute atomic E-state index is 13.6. The van der Waals surface area contributed by atoms with Gasteiger partial charge in [0, 0.05) is 50.7 Å². The van der Waals surface area contributed by atoms with Crippen molar-refractivity contribution in [2.75, 3.05) is 32.5 Å². The molecule has 1 unspecified atom stereocenters. The highest BCUT2D eigenvalue weighted by Gasteiger charge is 2.37. The number of benzene rings is 6. The fourth-order valence-electron chi connectivity index (χ4n) is 9.61. The summed E-state index contributed by atoms with van der Waals surface area (Å²) in [4.78, 5) is 13.6. The van der Waals surface area contributed by atoms with Gasteiger partial charge in [0.05, 0.1) is 21.3 Å². The molecule has 0 saturated carbocycles. The van der Waals surface area contributed by atoms with E-state index in [-0.39, 0.29) is 27.6 Å². The molecular formula is C56H66NO6P. The predicted molar refractivity (Wildman–Crippen MR) is 268 cm³/mol. The first kappa shape index (κ1) is 45.3. The molecule has 1 aliphatic heterocycles. The zero-order chi connectivity index (χ0) is 46.3. The fraction of sp³-hybridized carbons (Fsp3) is 0.411. The van der Waals surface area contributed by atoms with Crippen molar-refractivity contribution in [1.82, 2.24) is 0 Å². The minimum atomic E-state index is -1.93. The number of carbonyl (C=O) groups excluding carboxylic acids is 1. The highest BCUT2D eigenvalue weighted by Crippen LogP contribution is 2.52. The van der Waals surface area contributed by atoms with Crippen molar-refractivity contribution in [3.63, 3.8) is 0 Å². The molecule has 1 fully saturated rings. The van der Waals surface area contributed by atoms with Crippen molar-refractivity contribution in [1.29, 1.82) is 0 Å². The fourth-order valence-corrected chi connectivity index (χ4v) is 11.3. The molecule has 1 aliphatic rings. The average molecular weight is 880 g/mol. The summed E-state index contributed by atoms with van der Waals surface area (Å²) >= 11 is 0. The van der Waals surface area contributed by atoms with Crippen molar-refractivity contribution in [3.05, 3.63) is 107 Å². The number of esters is 1. The van der Waals surface area contributed by atoms with E-state index in [4.69, 9.17) is 22.6 Å². The number of fused-ring (bicyclic) bond motifs is 7. The van der Waals surface area contributed by atoms with Gasteiger partial charge in [-0.2, -0.15) is 4.67 Å². The molecule has 1 atom stereocenters. The maximum atomic E-state index is 13.6. The lowest BCUT2D eigenvalue weighted by atomic mass is 9.77. The third-order valence-corrected chi connectivity index (χ3v) is 14.5. The van der Waals surface area contributed by atoms with E-state index in [0.717, 1.165) is 106 Å². The quantitative estimate of drug-likeness (QED) is 0.154. The smallest absolute Gasteiger partial charge is 0.323 e. The number of ether oxygens (including phenoxy) is 3. The van der Waals surface area contributed by atoms with Gasteiger partial charge in [-0.3, -0.25) is 4.79 Å². The van der Waals surface area contributed by atoms with Gasteiger partial charge < -0.3 is 22.6 Å². The maximum Gasteiger partial charge on any atom is 0.323 e. The van der Waals surface area contributed by atoms with E-state index in [1.807, 2.05) is 0 Å². The highest BCUT2D eigenvalue weighted by atomic mass is 31.1. The van der Waals surface area contributed by atoms with Gasteiger partial charge in [0.25, 0.3) is 0 Å². The molecule has 64 heavy (non-hydrogen) atoms. The average Bonchev–Trinajstić information content (AvgIpc) is 3.66. The van der Waals surface area contributed by atoms with Crippen LogP contribution in [0.4, 0.5) is 0 Å². The van der Waals surface area contributed by atoms with E-state index in [1.54, 1.807) is 14.2 Å². The van der Waals surface area contributed by atoms with Gasteiger partial charge in [-0.05, 0) is 104 Å². The number of nitrogens with zero attached hydrogens (tertiary/aromatic N) is 1. The molecule has 7 aromatic rings. The Kier molecular flexibility index (Phi) is 11.6. The van der Waals surface area contributed by atoms with Crippen LogP contribution in [-0.4, -0.2) is 39.9 Å². The second-order valence-electron chi connectivity index (χ2n) is 21.7. The van der Waals surface area contributed by atoms with Gasteiger partial charge in [-0.15, -0.1) is 0 Å². The first-order chi connectivity index (χ1) is 30.1. The summed E-state index contributed by atoms with van der Waals surface area (Å²) in [7, 11) is 3.09. The van der Waals surface area contributed by atoms with E-state index >= 15 is 0 Å². The molecule has 1 saturated heterocycles. The molecule has 0 spiro atoms. The molecule has 7 nitrogen and oxygen atoms in total. The van der Waals surface area contributed by atoms with Crippen molar-refractivity contribution in [2.45, 2.75) is 124 Å². The summed E-state index contributed by atoms with van der Waals surface area (Å²) in [5.41, 5.74) is 8.97. The summed E-state index contributed by atoms with van der Waals surface area (Å²) in [5.74, 6) is 1.53. The second kappa shape index (κ2) is 16.3. The van der Waals surface area contributed by atoms with E-state index in [9.17, 15) is 4.79 Å². The number of rotatable bonds is 6. The van der Waals surface area contributed by atoms with Crippen LogP contribution in [0.15, 0.2) is 93.3 Å². The monoisotopic (exact) mass is 879 g/mol. The van der Waals surface area contributed by atoms with Crippen LogP contribution in [0.3, 0.4) is 0 Å². The van der Waals surface area contributed by atoms with Gasteiger partial charge in [0.15, 0.2) is 11.2 Å². The molecule has 0 aliphatic carbocycles. The molecule has 0 bridgehead atoms. The molecule has 0 amide bonds. The molecule has 2 heterocycles. The highest BCUT2D eigenvalue weighted by molar-refractivity contribution is 7.39. The molecule has 336 valence electrons. The van der Waals surface area contributed by atoms with Crippen LogP contribution in [0.25, 0.3) is 65.7 Å². The van der Waals surface area contributed by atoms with Crippen LogP contribution in [0.5, 0.6) is 11.5 Å². The standard InChI is InChI=1S/C56H66NO6P/c1-53(2,3)41-29-35(30-42(50(41)59-13)54(4,5)6)39-27-33-21-16-18-23-37(33)46-47-38-24-19-17-22-34(38)28-40(36-31-43(55(7,8)9)51(60-14)44(32-36)56(10,11)12)49(47)63-64(62-48(39)46)57-26-20-25-45(57)52(58)61-15/h16-19,21-24,27-32,45H,20,25-26H2,1-15H3. The van der Waals surface area contributed by atoms with Crippen molar-refractivity contribution in [2.24, 2.45) is 0 Å². The van der Waals surface area contributed by atoms with Crippen LogP contribution in [-0.2, 0) is 31.2 Å². The Morgan fingerprint density at radius 3 is 1.30 bits per heavy atom. The van der Waals surface area contributed by atoms with Crippen molar-refractivity contribution < 1.29 is 27.4 Å². The molecule has 1 aromatic heterocycles. The Bertz CT molecular complexity index is 2750. The van der Waals surface area contributed by atoms with Gasteiger partial charge in [-0.1, -0.05) is 132 Å². The Morgan fingerprint density at radius 1 is 0.578 bits per heavy atom. The lowest BCUT2D eigenvalue weighted by molar-refractivity contribution is -0.141. The van der Waals surface area contributed by atoms with Crippen LogP contribution in [0, 0.1) is 0 Å². The molecule has 8 heteroatoms. The van der Waals surface area contributed by atoms with Gasteiger partial charge in [0.1, 0.15) is 17.5 Å². The predicted octanol–water partition coefficient (Wildman–Crippen LogP) is 15.4. The third kappa shape index (κ3) is 7.98. The molecular weight excluding hydrogens is 814 g/mol. The molecule has 8 rings (SSSR count). The van der Waals surface area contributed by atoms with Gasteiger partial charge >= 0.3 is 14.1 Å². The van der Waals surface area contributed by atoms with E-state index < -0.39 is 14.2 Å². The zero-order valence-electron chi connectivity index (χ0n) is 40.6. The van der Waals surface area contributed by atoms with Crippen molar-refractivity contribution >= 4 is 57.6 Å². The Hall–Kier alpha value is -5.23. The van der Waals surface area contributed by atoms with Crippen molar-refractivity contribution in [3.8, 4) is 33.8 Å². The summed E-state index contributed by atoms with van der Waals surface area (Å²) < 4.78 is 35.3. The SMILES string of the molecule is COC(=O)C1CCCN1p1oc2c(-c3cc(C(C)(C)C)c(OC)c(C(C)(C)C)c3)cc3ccccc3c2c2c(o1)c(-c1cc(C(C)(C)C)c(OC)c(C(C)(C)C)c1)cc1ccccc12. The van der Waals surface area contributed by atoms with Crippen LogP contribution in [0.2, 0.25) is 0 Å². The lowest BCUT2D eigenvalue weighted by Crippen LogP contribution is -2.34. The first-order valence-electron chi connectivity index (χ1n) is 22.7. The topological polar surface area (TPSA) is 74.3 Å².